The molecule has 0 bridgehead atoms. The molecule has 0 fully saturated rings. The first-order valence-electron chi connectivity index (χ1n) is 7.24. The summed E-state index contributed by atoms with van der Waals surface area (Å²) in [6.07, 6.45) is 0.671. The van der Waals surface area contributed by atoms with Crippen LogP contribution in [-0.4, -0.2) is 20.4 Å². The smallest absolute Gasteiger partial charge is 0.123 e. The van der Waals surface area contributed by atoms with E-state index in [-0.39, 0.29) is 28.4 Å². The fourth-order valence-electron chi connectivity index (χ4n) is 4.01. The van der Waals surface area contributed by atoms with Crippen molar-refractivity contribution < 1.29 is 20.4 Å². The predicted molar refractivity (Wildman–Crippen MR) is 83.6 cm³/mol. The molecule has 2 aromatic carbocycles. The molecule has 4 nitrogen and oxygen atoms in total. The number of aromatic hydroxyl groups is 4. The maximum Gasteiger partial charge on any atom is 0.123 e. The minimum Gasteiger partial charge on any atom is -0.508 e. The van der Waals surface area contributed by atoms with Crippen LogP contribution in [0.25, 0.3) is 0 Å². The maximum atomic E-state index is 10.4. The average Bonchev–Trinajstić information content (AvgIpc) is 2.56. The van der Waals surface area contributed by atoms with Crippen molar-refractivity contribution in [1.29, 1.82) is 0 Å². The van der Waals surface area contributed by atoms with E-state index in [0.29, 0.717) is 12.0 Å². The standard InChI is InChI=1S/C18H20O4/c1-17(2)9-18(3,12-5-4-10(19)7-14(12)21)16-13(17)6-11(20)8-15(16)22/h4-8,19-22H,9H2,1-3H3. The molecule has 1 aliphatic carbocycles. The summed E-state index contributed by atoms with van der Waals surface area (Å²) in [4.78, 5) is 0. The molecule has 3 rings (SSSR count). The molecule has 4 N–H and O–H groups in total. The molecule has 0 radical (unpaired) electrons. The van der Waals surface area contributed by atoms with Crippen LogP contribution in [0, 0.1) is 0 Å². The van der Waals surface area contributed by atoms with Gasteiger partial charge in [0.05, 0.1) is 0 Å². The second-order valence-corrected chi connectivity index (χ2v) is 6.98. The Kier molecular flexibility index (Phi) is 2.86. The number of hydrogen-bond acceptors (Lipinski definition) is 4. The van der Waals surface area contributed by atoms with E-state index < -0.39 is 5.41 Å². The van der Waals surface area contributed by atoms with Crippen molar-refractivity contribution >= 4 is 0 Å². The molecule has 116 valence electrons. The van der Waals surface area contributed by atoms with Gasteiger partial charge in [-0.1, -0.05) is 26.8 Å². The molecule has 0 saturated heterocycles. The lowest BCUT2D eigenvalue weighted by molar-refractivity contribution is 0.389. The highest BCUT2D eigenvalue weighted by atomic mass is 16.3. The molecule has 4 heteroatoms. The normalized spacial score (nSPS) is 22.5. The zero-order chi connectivity index (χ0) is 16.3. The monoisotopic (exact) mass is 300 g/mol. The first-order valence-corrected chi connectivity index (χ1v) is 7.24. The molecule has 0 spiro atoms. The van der Waals surface area contributed by atoms with E-state index in [1.165, 1.54) is 18.2 Å². The fourth-order valence-corrected chi connectivity index (χ4v) is 4.01. The molecular formula is C18H20O4. The number of phenolic OH excluding ortho intramolecular Hbond substituents is 4. The second kappa shape index (κ2) is 4.32. The summed E-state index contributed by atoms with van der Waals surface area (Å²) in [7, 11) is 0. The third-order valence-corrected chi connectivity index (χ3v) is 4.75. The van der Waals surface area contributed by atoms with E-state index in [0.717, 1.165) is 11.1 Å². The summed E-state index contributed by atoms with van der Waals surface area (Å²) < 4.78 is 0. The Morgan fingerprint density at radius 2 is 1.41 bits per heavy atom. The molecule has 1 unspecified atom stereocenters. The third kappa shape index (κ3) is 1.90. The van der Waals surface area contributed by atoms with Gasteiger partial charge in [-0.25, -0.2) is 0 Å². The van der Waals surface area contributed by atoms with Crippen LogP contribution in [0.1, 0.15) is 43.9 Å². The number of rotatable bonds is 1. The highest BCUT2D eigenvalue weighted by Gasteiger charge is 2.48. The fraction of sp³-hybridized carbons (Fsp3) is 0.333. The van der Waals surface area contributed by atoms with Crippen LogP contribution in [0.5, 0.6) is 23.0 Å². The number of phenols is 4. The highest BCUT2D eigenvalue weighted by molar-refractivity contribution is 5.62. The highest BCUT2D eigenvalue weighted by Crippen LogP contribution is 2.57. The molecular weight excluding hydrogens is 280 g/mol. The van der Waals surface area contributed by atoms with Gasteiger partial charge in [0.2, 0.25) is 0 Å². The van der Waals surface area contributed by atoms with Crippen LogP contribution in [0.2, 0.25) is 0 Å². The second-order valence-electron chi connectivity index (χ2n) is 6.98. The van der Waals surface area contributed by atoms with Gasteiger partial charge in [0.15, 0.2) is 0 Å². The summed E-state index contributed by atoms with van der Waals surface area (Å²) >= 11 is 0. The van der Waals surface area contributed by atoms with Crippen LogP contribution in [0.3, 0.4) is 0 Å². The zero-order valence-electron chi connectivity index (χ0n) is 12.9. The van der Waals surface area contributed by atoms with Gasteiger partial charge in [-0.3, -0.25) is 0 Å². The van der Waals surface area contributed by atoms with Crippen molar-refractivity contribution in [3.05, 3.63) is 47.0 Å². The molecule has 0 saturated carbocycles. The van der Waals surface area contributed by atoms with Crippen molar-refractivity contribution in [3.63, 3.8) is 0 Å². The van der Waals surface area contributed by atoms with E-state index in [9.17, 15) is 20.4 Å². The van der Waals surface area contributed by atoms with Gasteiger partial charge in [-0.15, -0.1) is 0 Å². The Hall–Kier alpha value is -2.36. The first-order chi connectivity index (χ1) is 10.1. The van der Waals surface area contributed by atoms with Crippen LogP contribution >= 0.6 is 0 Å². The van der Waals surface area contributed by atoms with Gasteiger partial charge in [-0.2, -0.15) is 0 Å². The Balaban J connectivity index is 2.31. The lowest BCUT2D eigenvalue weighted by Gasteiger charge is -2.29. The van der Waals surface area contributed by atoms with Gasteiger partial charge >= 0.3 is 0 Å². The zero-order valence-corrected chi connectivity index (χ0v) is 12.9. The van der Waals surface area contributed by atoms with E-state index in [1.54, 1.807) is 12.1 Å². The van der Waals surface area contributed by atoms with Gasteiger partial charge in [-0.05, 0) is 29.5 Å². The van der Waals surface area contributed by atoms with Crippen molar-refractivity contribution in [2.24, 2.45) is 0 Å². The van der Waals surface area contributed by atoms with E-state index in [1.807, 2.05) is 20.8 Å². The SMILES string of the molecule is CC1(C)CC(C)(c2ccc(O)cc2O)c2c(O)cc(O)cc21. The van der Waals surface area contributed by atoms with Crippen molar-refractivity contribution in [2.75, 3.05) is 0 Å². The number of hydrogen-bond donors (Lipinski definition) is 4. The van der Waals surface area contributed by atoms with E-state index in [4.69, 9.17) is 0 Å². The Morgan fingerprint density at radius 3 is 2.05 bits per heavy atom. The molecule has 0 aromatic heterocycles. The van der Waals surface area contributed by atoms with Gasteiger partial charge in [0.25, 0.3) is 0 Å². The molecule has 1 atom stereocenters. The Morgan fingerprint density at radius 1 is 0.773 bits per heavy atom. The molecule has 2 aromatic rings. The maximum absolute atomic E-state index is 10.4. The van der Waals surface area contributed by atoms with Crippen molar-refractivity contribution in [3.8, 4) is 23.0 Å². The number of fused-ring (bicyclic) bond motifs is 1. The van der Waals surface area contributed by atoms with Gasteiger partial charge in [0.1, 0.15) is 23.0 Å². The predicted octanol–water partition coefficient (Wildman–Crippen LogP) is 3.50. The summed E-state index contributed by atoms with van der Waals surface area (Å²) in [6, 6.07) is 7.53. The van der Waals surface area contributed by atoms with Crippen molar-refractivity contribution in [1.82, 2.24) is 0 Å². The molecule has 1 aliphatic rings. The lowest BCUT2D eigenvalue weighted by atomic mass is 9.74. The number of benzene rings is 2. The van der Waals surface area contributed by atoms with Crippen LogP contribution < -0.4 is 0 Å². The van der Waals surface area contributed by atoms with E-state index in [2.05, 4.69) is 0 Å². The molecule has 0 amide bonds. The topological polar surface area (TPSA) is 80.9 Å². The van der Waals surface area contributed by atoms with Crippen LogP contribution in [-0.2, 0) is 10.8 Å². The summed E-state index contributed by atoms with van der Waals surface area (Å²) in [5.41, 5.74) is 1.38. The quantitative estimate of drug-likeness (QED) is 0.650. The summed E-state index contributed by atoms with van der Waals surface area (Å²) in [6.45, 7) is 6.06. The summed E-state index contributed by atoms with van der Waals surface area (Å²) in [5.74, 6) is 0.0509. The van der Waals surface area contributed by atoms with Crippen molar-refractivity contribution in [2.45, 2.75) is 38.0 Å². The molecule has 0 aliphatic heterocycles. The largest absolute Gasteiger partial charge is 0.508 e. The minimum absolute atomic E-state index is 0.00127. The van der Waals surface area contributed by atoms with Crippen LogP contribution in [0.15, 0.2) is 30.3 Å². The van der Waals surface area contributed by atoms with E-state index >= 15 is 0 Å². The summed E-state index contributed by atoms with van der Waals surface area (Å²) in [5, 5.41) is 40.0. The van der Waals surface area contributed by atoms with Gasteiger partial charge < -0.3 is 20.4 Å². The first kappa shape index (κ1) is 14.6. The van der Waals surface area contributed by atoms with Crippen LogP contribution in [0.4, 0.5) is 0 Å². The average molecular weight is 300 g/mol. The molecule has 22 heavy (non-hydrogen) atoms. The lowest BCUT2D eigenvalue weighted by Crippen LogP contribution is -2.23. The molecule has 0 heterocycles. The Bertz CT molecular complexity index is 764. The third-order valence-electron chi connectivity index (χ3n) is 4.75. The Labute approximate surface area is 129 Å². The minimum atomic E-state index is -0.603. The van der Waals surface area contributed by atoms with Gasteiger partial charge in [0, 0.05) is 28.7 Å².